The maximum Gasteiger partial charge on any atom is 0.325 e. The number of carbonyl (C=O) groups excluding carboxylic acids is 2. The van der Waals surface area contributed by atoms with Gasteiger partial charge in [-0.3, -0.25) is 14.3 Å². The van der Waals surface area contributed by atoms with Gasteiger partial charge in [-0.15, -0.1) is 0 Å². The molecule has 0 aliphatic heterocycles. The summed E-state index contributed by atoms with van der Waals surface area (Å²) in [7, 11) is 2.99. The number of fused-ring (bicyclic) bond motifs is 1. The van der Waals surface area contributed by atoms with E-state index >= 15 is 0 Å². The van der Waals surface area contributed by atoms with E-state index in [0.717, 1.165) is 16.0 Å². The Morgan fingerprint density at radius 1 is 1.31 bits per heavy atom. The summed E-state index contributed by atoms with van der Waals surface area (Å²) in [6, 6.07) is 7.12. The molecule has 1 aromatic carbocycles. The summed E-state index contributed by atoms with van der Waals surface area (Å²) in [6.45, 7) is 2.42. The van der Waals surface area contributed by atoms with Crippen LogP contribution in [-0.4, -0.2) is 39.9 Å². The van der Waals surface area contributed by atoms with Crippen molar-refractivity contribution in [1.29, 1.82) is 0 Å². The van der Waals surface area contributed by atoms with E-state index in [1.807, 2.05) is 25.1 Å². The van der Waals surface area contributed by atoms with E-state index in [2.05, 4.69) is 10.1 Å². The molecule has 0 saturated carbocycles. The van der Waals surface area contributed by atoms with Gasteiger partial charge >= 0.3 is 5.97 Å². The third-order valence-corrected chi connectivity index (χ3v) is 4.76. The molecule has 1 amide bonds. The lowest BCUT2D eigenvalue weighted by Crippen LogP contribution is -2.22. The Labute approximate surface area is 153 Å². The van der Waals surface area contributed by atoms with Crippen molar-refractivity contribution < 1.29 is 19.1 Å². The smallest absolute Gasteiger partial charge is 0.325 e. The standard InChI is InChI=1S/C17H18N4O4S/c1-4-25-11-5-6-12-14(9-11)26-17(21(12)10-15(22)24-3)19-16(23)13-7-8-18-20(13)2/h5-9H,4,10H2,1-3H3. The molecule has 9 heteroatoms. The third-order valence-electron chi connectivity index (χ3n) is 3.72. The summed E-state index contributed by atoms with van der Waals surface area (Å²) in [5.74, 6) is -0.135. The fourth-order valence-electron chi connectivity index (χ4n) is 2.47. The van der Waals surface area contributed by atoms with E-state index in [9.17, 15) is 9.59 Å². The number of rotatable bonds is 5. The molecular formula is C17H18N4O4S. The lowest BCUT2D eigenvalue weighted by Gasteiger charge is -2.05. The van der Waals surface area contributed by atoms with Crippen molar-refractivity contribution in [2.45, 2.75) is 13.5 Å². The zero-order chi connectivity index (χ0) is 18.7. The molecule has 136 valence electrons. The van der Waals surface area contributed by atoms with Crippen LogP contribution < -0.4 is 9.54 Å². The van der Waals surface area contributed by atoms with Crippen LogP contribution in [0.15, 0.2) is 35.5 Å². The van der Waals surface area contributed by atoms with Crippen molar-refractivity contribution in [1.82, 2.24) is 14.3 Å². The highest BCUT2D eigenvalue weighted by Crippen LogP contribution is 2.23. The van der Waals surface area contributed by atoms with Crippen molar-refractivity contribution in [3.05, 3.63) is 41.0 Å². The molecule has 3 rings (SSSR count). The number of nitrogens with zero attached hydrogens (tertiary/aromatic N) is 4. The van der Waals surface area contributed by atoms with Gasteiger partial charge in [0, 0.05) is 13.2 Å². The molecule has 0 fully saturated rings. The van der Waals surface area contributed by atoms with Gasteiger partial charge in [0.25, 0.3) is 5.91 Å². The van der Waals surface area contributed by atoms with E-state index < -0.39 is 11.9 Å². The van der Waals surface area contributed by atoms with Gasteiger partial charge in [0.2, 0.25) is 0 Å². The number of thiazole rings is 1. The van der Waals surface area contributed by atoms with Gasteiger partial charge in [0.05, 0.1) is 23.9 Å². The number of methoxy groups -OCH3 is 1. The van der Waals surface area contributed by atoms with Crippen LogP contribution in [0.2, 0.25) is 0 Å². The summed E-state index contributed by atoms with van der Waals surface area (Å²) in [5.41, 5.74) is 1.14. The normalized spacial score (nSPS) is 11.7. The van der Waals surface area contributed by atoms with Gasteiger partial charge in [0.1, 0.15) is 18.0 Å². The zero-order valence-corrected chi connectivity index (χ0v) is 15.4. The maximum absolute atomic E-state index is 12.5. The monoisotopic (exact) mass is 374 g/mol. The Balaban J connectivity index is 2.14. The number of carbonyl (C=O) groups is 2. The van der Waals surface area contributed by atoms with Gasteiger partial charge in [-0.05, 0) is 31.2 Å². The topological polar surface area (TPSA) is 87.7 Å². The second-order valence-electron chi connectivity index (χ2n) is 5.37. The quantitative estimate of drug-likeness (QED) is 0.635. The highest BCUT2D eigenvalue weighted by molar-refractivity contribution is 7.16. The molecule has 0 N–H and O–H groups in total. The molecule has 26 heavy (non-hydrogen) atoms. The number of aryl methyl sites for hydroxylation is 1. The molecular weight excluding hydrogens is 356 g/mol. The minimum Gasteiger partial charge on any atom is -0.494 e. The van der Waals surface area contributed by atoms with Crippen molar-refractivity contribution >= 4 is 33.4 Å². The van der Waals surface area contributed by atoms with E-state index in [4.69, 9.17) is 9.47 Å². The fourth-order valence-corrected chi connectivity index (χ4v) is 3.53. The molecule has 0 aliphatic rings. The Morgan fingerprint density at radius 2 is 2.12 bits per heavy atom. The number of benzene rings is 1. The van der Waals surface area contributed by atoms with Crippen LogP contribution in [0.3, 0.4) is 0 Å². The molecule has 0 atom stereocenters. The number of ether oxygens (including phenoxy) is 2. The highest BCUT2D eigenvalue weighted by Gasteiger charge is 2.14. The summed E-state index contributed by atoms with van der Waals surface area (Å²) in [6.07, 6.45) is 1.53. The maximum atomic E-state index is 12.5. The van der Waals surface area contributed by atoms with Gasteiger partial charge < -0.3 is 14.0 Å². The van der Waals surface area contributed by atoms with Gasteiger partial charge in [-0.25, -0.2) is 0 Å². The minimum atomic E-state index is -0.430. The van der Waals surface area contributed by atoms with Crippen LogP contribution in [-0.2, 0) is 23.1 Å². The van der Waals surface area contributed by atoms with Crippen LogP contribution in [0.25, 0.3) is 10.2 Å². The number of esters is 1. The van der Waals surface area contributed by atoms with Gasteiger partial charge in [-0.2, -0.15) is 10.1 Å². The molecule has 0 saturated heterocycles. The molecule has 0 spiro atoms. The summed E-state index contributed by atoms with van der Waals surface area (Å²) < 4.78 is 14.3. The molecule has 3 aromatic rings. The Kier molecular flexibility index (Phi) is 5.17. The molecule has 2 heterocycles. The summed E-state index contributed by atoms with van der Waals surface area (Å²) >= 11 is 1.31. The molecule has 2 aromatic heterocycles. The second kappa shape index (κ2) is 7.52. The summed E-state index contributed by atoms with van der Waals surface area (Å²) in [4.78, 5) is 28.9. The van der Waals surface area contributed by atoms with E-state index in [1.54, 1.807) is 17.7 Å². The highest BCUT2D eigenvalue weighted by atomic mass is 32.1. The second-order valence-corrected chi connectivity index (χ2v) is 6.38. The minimum absolute atomic E-state index is 0.0397. The average Bonchev–Trinajstić information content (AvgIpc) is 3.19. The summed E-state index contributed by atoms with van der Waals surface area (Å²) in [5, 5.41) is 3.98. The largest absolute Gasteiger partial charge is 0.494 e. The first-order chi connectivity index (χ1) is 12.5. The number of amides is 1. The van der Waals surface area contributed by atoms with Crippen molar-refractivity contribution in [3.8, 4) is 5.75 Å². The van der Waals surface area contributed by atoms with Crippen LogP contribution >= 0.6 is 11.3 Å². The lowest BCUT2D eigenvalue weighted by atomic mass is 10.3. The SMILES string of the molecule is CCOc1ccc2c(c1)sc(=NC(=O)c1ccnn1C)n2CC(=O)OC. The molecule has 0 radical (unpaired) electrons. The lowest BCUT2D eigenvalue weighted by molar-refractivity contribution is -0.141. The number of aromatic nitrogens is 3. The molecule has 8 nitrogen and oxygen atoms in total. The first-order valence-electron chi connectivity index (χ1n) is 7.93. The molecule has 0 aliphatic carbocycles. The molecule has 0 bridgehead atoms. The molecule has 0 unspecified atom stereocenters. The number of hydrogen-bond donors (Lipinski definition) is 0. The predicted molar refractivity (Wildman–Crippen MR) is 96.1 cm³/mol. The van der Waals surface area contributed by atoms with Crippen LogP contribution in [0.5, 0.6) is 5.75 Å². The average molecular weight is 374 g/mol. The first-order valence-corrected chi connectivity index (χ1v) is 8.75. The predicted octanol–water partition coefficient (Wildman–Crippen LogP) is 1.75. The van der Waals surface area contributed by atoms with E-state index in [-0.39, 0.29) is 6.54 Å². The van der Waals surface area contributed by atoms with Crippen LogP contribution in [0.4, 0.5) is 0 Å². The first kappa shape index (κ1) is 17.9. The van der Waals surface area contributed by atoms with Crippen LogP contribution in [0.1, 0.15) is 17.4 Å². The Morgan fingerprint density at radius 3 is 2.77 bits per heavy atom. The fraction of sp³-hybridized carbons (Fsp3) is 0.294. The van der Waals surface area contributed by atoms with Crippen molar-refractivity contribution in [2.24, 2.45) is 12.0 Å². The Bertz CT molecular complexity index is 1030. The number of hydrogen-bond acceptors (Lipinski definition) is 6. The van der Waals surface area contributed by atoms with Crippen molar-refractivity contribution in [2.75, 3.05) is 13.7 Å². The van der Waals surface area contributed by atoms with Gasteiger partial charge in [0.15, 0.2) is 4.80 Å². The van der Waals surface area contributed by atoms with Crippen LogP contribution in [0, 0.1) is 0 Å². The van der Waals surface area contributed by atoms with E-state index in [1.165, 1.54) is 29.3 Å². The van der Waals surface area contributed by atoms with E-state index in [0.29, 0.717) is 17.1 Å². The zero-order valence-electron chi connectivity index (χ0n) is 14.6. The third kappa shape index (κ3) is 3.52. The van der Waals surface area contributed by atoms with Gasteiger partial charge in [-0.1, -0.05) is 11.3 Å². The Hall–Kier alpha value is -2.94. The van der Waals surface area contributed by atoms with Crippen molar-refractivity contribution in [3.63, 3.8) is 0 Å².